The van der Waals surface area contributed by atoms with Crippen LogP contribution in [-0.2, 0) is 4.79 Å². The van der Waals surface area contributed by atoms with Gasteiger partial charge in [-0.3, -0.25) is 0 Å². The second-order valence-corrected chi connectivity index (χ2v) is 2.88. The van der Waals surface area contributed by atoms with Gasteiger partial charge in [0.1, 0.15) is 6.29 Å². The SMILES string of the molecule is Cc1cccc(N)c1C=CCC=O. The first kappa shape index (κ1) is 9.52. The van der Waals surface area contributed by atoms with Crippen LogP contribution in [-0.4, -0.2) is 6.29 Å². The normalized spacial score (nSPS) is 10.5. The van der Waals surface area contributed by atoms with Crippen LogP contribution in [0, 0.1) is 6.92 Å². The van der Waals surface area contributed by atoms with Crippen LogP contribution in [0.1, 0.15) is 17.5 Å². The predicted molar refractivity (Wildman–Crippen MR) is 55.3 cm³/mol. The van der Waals surface area contributed by atoms with Gasteiger partial charge in [0.05, 0.1) is 0 Å². The zero-order valence-electron chi connectivity index (χ0n) is 7.66. The van der Waals surface area contributed by atoms with E-state index in [0.29, 0.717) is 6.42 Å². The van der Waals surface area contributed by atoms with Crippen molar-refractivity contribution < 1.29 is 4.79 Å². The molecule has 0 aliphatic carbocycles. The fourth-order valence-electron chi connectivity index (χ4n) is 1.17. The van der Waals surface area contributed by atoms with Gasteiger partial charge < -0.3 is 10.5 Å². The molecule has 1 aromatic carbocycles. The molecule has 0 spiro atoms. The van der Waals surface area contributed by atoms with E-state index >= 15 is 0 Å². The van der Waals surface area contributed by atoms with E-state index in [1.54, 1.807) is 0 Å². The molecule has 2 nitrogen and oxygen atoms in total. The number of carbonyl (C=O) groups excluding carboxylic acids is 1. The Bertz CT molecular complexity index is 309. The topological polar surface area (TPSA) is 43.1 Å². The first-order chi connectivity index (χ1) is 6.25. The number of allylic oxidation sites excluding steroid dienone is 1. The van der Waals surface area contributed by atoms with Crippen molar-refractivity contribution in [3.63, 3.8) is 0 Å². The number of nitrogen functional groups attached to an aromatic ring is 1. The maximum Gasteiger partial charge on any atom is 0.123 e. The van der Waals surface area contributed by atoms with Gasteiger partial charge in [-0.1, -0.05) is 24.3 Å². The summed E-state index contributed by atoms with van der Waals surface area (Å²) < 4.78 is 0. The molecule has 0 aliphatic rings. The van der Waals surface area contributed by atoms with E-state index in [-0.39, 0.29) is 0 Å². The molecule has 0 fully saturated rings. The number of aryl methyl sites for hydroxylation is 1. The van der Waals surface area contributed by atoms with Gasteiger partial charge in [-0.25, -0.2) is 0 Å². The smallest absolute Gasteiger partial charge is 0.123 e. The Kier molecular flexibility index (Phi) is 3.26. The van der Waals surface area contributed by atoms with Crippen molar-refractivity contribution >= 4 is 18.0 Å². The zero-order valence-corrected chi connectivity index (χ0v) is 7.66. The van der Waals surface area contributed by atoms with E-state index in [0.717, 1.165) is 23.1 Å². The van der Waals surface area contributed by atoms with E-state index in [1.165, 1.54) is 0 Å². The van der Waals surface area contributed by atoms with Crippen molar-refractivity contribution in [1.29, 1.82) is 0 Å². The molecule has 2 heteroatoms. The maximum atomic E-state index is 10.1. The highest BCUT2D eigenvalue weighted by Crippen LogP contribution is 2.17. The van der Waals surface area contributed by atoms with Crippen LogP contribution in [0.4, 0.5) is 5.69 Å². The van der Waals surface area contributed by atoms with Crippen LogP contribution in [0.25, 0.3) is 6.08 Å². The number of hydrogen-bond donors (Lipinski definition) is 1. The first-order valence-electron chi connectivity index (χ1n) is 4.21. The number of carbonyl (C=O) groups is 1. The van der Waals surface area contributed by atoms with Crippen LogP contribution < -0.4 is 5.73 Å². The van der Waals surface area contributed by atoms with Gasteiger partial charge in [0, 0.05) is 12.1 Å². The molecule has 0 aliphatic heterocycles. The molecule has 0 saturated heterocycles. The highest BCUT2D eigenvalue weighted by molar-refractivity contribution is 5.68. The molecule has 0 bridgehead atoms. The predicted octanol–water partition coefficient (Wildman–Crippen LogP) is 2.18. The third kappa shape index (κ3) is 2.44. The summed E-state index contributed by atoms with van der Waals surface area (Å²) >= 11 is 0. The summed E-state index contributed by atoms with van der Waals surface area (Å²) in [5, 5.41) is 0. The summed E-state index contributed by atoms with van der Waals surface area (Å²) in [6, 6.07) is 5.77. The third-order valence-corrected chi connectivity index (χ3v) is 1.87. The van der Waals surface area contributed by atoms with E-state index in [1.807, 2.05) is 37.3 Å². The molecule has 1 aromatic rings. The number of benzene rings is 1. The average Bonchev–Trinajstić information content (AvgIpc) is 2.10. The Labute approximate surface area is 78.1 Å². The van der Waals surface area contributed by atoms with Crippen LogP contribution >= 0.6 is 0 Å². The van der Waals surface area contributed by atoms with Gasteiger partial charge in [0.2, 0.25) is 0 Å². The lowest BCUT2D eigenvalue weighted by atomic mass is 10.1. The van der Waals surface area contributed by atoms with Crippen LogP contribution in [0.5, 0.6) is 0 Å². The molecule has 0 aromatic heterocycles. The highest BCUT2D eigenvalue weighted by Gasteiger charge is 1.96. The Balaban J connectivity index is 2.92. The van der Waals surface area contributed by atoms with Crippen molar-refractivity contribution in [2.24, 2.45) is 0 Å². The molecule has 1 rings (SSSR count). The summed E-state index contributed by atoms with van der Waals surface area (Å²) in [6.07, 6.45) is 5.00. The molecule has 0 unspecified atom stereocenters. The van der Waals surface area contributed by atoms with E-state index in [2.05, 4.69) is 0 Å². The van der Waals surface area contributed by atoms with Gasteiger partial charge >= 0.3 is 0 Å². The highest BCUT2D eigenvalue weighted by atomic mass is 16.1. The molecule has 0 saturated carbocycles. The first-order valence-corrected chi connectivity index (χ1v) is 4.21. The molecule has 2 N–H and O–H groups in total. The second-order valence-electron chi connectivity index (χ2n) is 2.88. The molecule has 0 amide bonds. The van der Waals surface area contributed by atoms with Crippen molar-refractivity contribution in [3.8, 4) is 0 Å². The Morgan fingerprint density at radius 1 is 1.46 bits per heavy atom. The maximum absolute atomic E-state index is 10.1. The van der Waals surface area contributed by atoms with E-state index in [4.69, 9.17) is 5.73 Å². The molecular formula is C11H13NO. The molecule has 0 radical (unpaired) electrons. The van der Waals surface area contributed by atoms with Crippen LogP contribution in [0.2, 0.25) is 0 Å². The standard InChI is InChI=1S/C11H13NO/c1-9-5-4-7-11(12)10(9)6-2-3-8-13/h2,4-8H,3,12H2,1H3. The molecule has 0 heterocycles. The summed E-state index contributed by atoms with van der Waals surface area (Å²) in [7, 11) is 0. The lowest BCUT2D eigenvalue weighted by Gasteiger charge is -2.03. The number of anilines is 1. The fourth-order valence-corrected chi connectivity index (χ4v) is 1.17. The van der Waals surface area contributed by atoms with Gasteiger partial charge in [-0.05, 0) is 24.1 Å². The minimum absolute atomic E-state index is 0.438. The van der Waals surface area contributed by atoms with Gasteiger partial charge in [0.15, 0.2) is 0 Å². The van der Waals surface area contributed by atoms with Crippen molar-refractivity contribution in [2.45, 2.75) is 13.3 Å². The monoisotopic (exact) mass is 175 g/mol. The summed E-state index contributed by atoms with van der Waals surface area (Å²) in [5.74, 6) is 0. The van der Waals surface area contributed by atoms with Crippen LogP contribution in [0.15, 0.2) is 24.3 Å². The minimum atomic E-state index is 0.438. The van der Waals surface area contributed by atoms with Gasteiger partial charge in [-0.2, -0.15) is 0 Å². The van der Waals surface area contributed by atoms with Crippen molar-refractivity contribution in [1.82, 2.24) is 0 Å². The lowest BCUT2D eigenvalue weighted by Crippen LogP contribution is -1.91. The molecule has 13 heavy (non-hydrogen) atoms. The Hall–Kier alpha value is -1.57. The third-order valence-electron chi connectivity index (χ3n) is 1.87. The number of hydrogen-bond acceptors (Lipinski definition) is 2. The Morgan fingerprint density at radius 3 is 2.85 bits per heavy atom. The number of nitrogens with two attached hydrogens (primary N) is 1. The summed E-state index contributed by atoms with van der Waals surface area (Å²) in [6.45, 7) is 2.00. The molecule has 68 valence electrons. The molecular weight excluding hydrogens is 162 g/mol. The molecule has 0 atom stereocenters. The van der Waals surface area contributed by atoms with Gasteiger partial charge in [-0.15, -0.1) is 0 Å². The van der Waals surface area contributed by atoms with E-state index < -0.39 is 0 Å². The summed E-state index contributed by atoms with van der Waals surface area (Å²) in [5.41, 5.74) is 8.65. The zero-order chi connectivity index (χ0) is 9.68. The van der Waals surface area contributed by atoms with Crippen molar-refractivity contribution in [3.05, 3.63) is 35.4 Å². The van der Waals surface area contributed by atoms with E-state index in [9.17, 15) is 4.79 Å². The second kappa shape index (κ2) is 4.45. The number of aldehydes is 1. The average molecular weight is 175 g/mol. The Morgan fingerprint density at radius 2 is 2.23 bits per heavy atom. The quantitative estimate of drug-likeness (QED) is 0.565. The van der Waals surface area contributed by atoms with Gasteiger partial charge in [0.25, 0.3) is 0 Å². The minimum Gasteiger partial charge on any atom is -0.398 e. The van der Waals surface area contributed by atoms with Crippen molar-refractivity contribution in [2.75, 3.05) is 5.73 Å². The van der Waals surface area contributed by atoms with Crippen LogP contribution in [0.3, 0.4) is 0 Å². The number of rotatable bonds is 3. The summed E-state index contributed by atoms with van der Waals surface area (Å²) in [4.78, 5) is 10.1. The lowest BCUT2D eigenvalue weighted by molar-refractivity contribution is -0.107. The fraction of sp³-hybridized carbons (Fsp3) is 0.182. The largest absolute Gasteiger partial charge is 0.398 e.